The van der Waals surface area contributed by atoms with Crippen molar-refractivity contribution < 1.29 is 19.4 Å². The summed E-state index contributed by atoms with van der Waals surface area (Å²) < 4.78 is 5.00. The van der Waals surface area contributed by atoms with Crippen LogP contribution in [-0.2, 0) is 27.2 Å². The molecule has 3 aliphatic heterocycles. The molecule has 0 aromatic heterocycles. The van der Waals surface area contributed by atoms with Gasteiger partial charge in [-0.15, -0.1) is 5.10 Å². The fourth-order valence-electron chi connectivity index (χ4n) is 4.53. The minimum atomic E-state index is -0.412. The zero-order valence-electron chi connectivity index (χ0n) is 16.4. The molecule has 0 aliphatic carbocycles. The van der Waals surface area contributed by atoms with Crippen molar-refractivity contribution in [3.8, 4) is 5.75 Å². The fraction of sp³-hybridized carbons (Fsp3) is 0.261. The molecule has 0 fully saturated rings. The van der Waals surface area contributed by atoms with E-state index in [1.807, 2.05) is 12.1 Å². The molecule has 152 valence electrons. The third-order valence-electron chi connectivity index (χ3n) is 5.83. The largest absolute Gasteiger partial charge is 0.507 e. The van der Waals surface area contributed by atoms with Gasteiger partial charge in [-0.3, -0.25) is 9.59 Å². The number of aryl methyl sites for hydroxylation is 1. The topological polar surface area (TPSA) is 82.4 Å². The predicted molar refractivity (Wildman–Crippen MR) is 113 cm³/mol. The normalized spacial score (nSPS) is 19.0. The van der Waals surface area contributed by atoms with Gasteiger partial charge in [0.05, 0.1) is 5.69 Å². The van der Waals surface area contributed by atoms with E-state index in [1.165, 1.54) is 10.6 Å². The number of benzene rings is 2. The van der Waals surface area contributed by atoms with Crippen LogP contribution < -0.4 is 9.91 Å². The Hall–Kier alpha value is -3.61. The van der Waals surface area contributed by atoms with Crippen molar-refractivity contribution in [3.05, 3.63) is 58.7 Å². The van der Waals surface area contributed by atoms with Gasteiger partial charge < -0.3 is 14.7 Å². The summed E-state index contributed by atoms with van der Waals surface area (Å²) in [6, 6.07) is 10.9. The van der Waals surface area contributed by atoms with E-state index in [9.17, 15) is 14.7 Å². The van der Waals surface area contributed by atoms with Crippen LogP contribution in [0.3, 0.4) is 0 Å². The second-order valence-electron chi connectivity index (χ2n) is 7.62. The van der Waals surface area contributed by atoms with Crippen LogP contribution in [0.2, 0.25) is 0 Å². The van der Waals surface area contributed by atoms with Crippen LogP contribution in [-0.4, -0.2) is 36.5 Å². The Bertz CT molecular complexity index is 1090. The average molecular weight is 403 g/mol. The third-order valence-corrected chi connectivity index (χ3v) is 5.83. The molecule has 0 atom stereocenters. The number of phenols is 1. The van der Waals surface area contributed by atoms with Crippen molar-refractivity contribution in [1.82, 2.24) is 0 Å². The van der Waals surface area contributed by atoms with Crippen LogP contribution >= 0.6 is 0 Å². The molecule has 0 saturated heterocycles. The maximum absolute atomic E-state index is 13.1. The molecule has 3 heterocycles. The van der Waals surface area contributed by atoms with Crippen LogP contribution in [0.15, 0.2) is 47.1 Å². The highest BCUT2D eigenvalue weighted by atomic mass is 16.5. The summed E-state index contributed by atoms with van der Waals surface area (Å²) >= 11 is 0. The highest BCUT2D eigenvalue weighted by Gasteiger charge is 2.34. The number of carbonyl (C=O) groups is 2. The third kappa shape index (κ3) is 2.94. The summed E-state index contributed by atoms with van der Waals surface area (Å²) in [5, 5.41) is 16.4. The highest BCUT2D eigenvalue weighted by molar-refractivity contribution is 6.31. The number of amides is 1. The Morgan fingerprint density at radius 2 is 1.87 bits per heavy atom. The smallest absolute Gasteiger partial charge is 0.299 e. The maximum Gasteiger partial charge on any atom is 0.299 e. The molecule has 7 heteroatoms. The van der Waals surface area contributed by atoms with Gasteiger partial charge in [0.1, 0.15) is 11.3 Å². The summed E-state index contributed by atoms with van der Waals surface area (Å²) in [6.45, 7) is 2.27. The van der Waals surface area contributed by atoms with Gasteiger partial charge >= 0.3 is 0 Å². The van der Waals surface area contributed by atoms with Gasteiger partial charge in [0.25, 0.3) is 18.3 Å². The first kappa shape index (κ1) is 18.4. The summed E-state index contributed by atoms with van der Waals surface area (Å²) in [5.41, 5.74) is 4.52. The van der Waals surface area contributed by atoms with Gasteiger partial charge in [-0.1, -0.05) is 18.2 Å². The lowest BCUT2D eigenvalue weighted by molar-refractivity contribution is -0.121. The Morgan fingerprint density at radius 1 is 1.10 bits per heavy atom. The van der Waals surface area contributed by atoms with Crippen molar-refractivity contribution in [3.63, 3.8) is 0 Å². The predicted octanol–water partition coefficient (Wildman–Crippen LogP) is 3.01. The molecule has 0 saturated carbocycles. The highest BCUT2D eigenvalue weighted by Crippen LogP contribution is 2.42. The molecule has 0 unspecified atom stereocenters. The van der Waals surface area contributed by atoms with Crippen molar-refractivity contribution in [2.45, 2.75) is 25.7 Å². The number of ether oxygens (including phenoxy) is 1. The van der Waals surface area contributed by atoms with Gasteiger partial charge in [0.15, 0.2) is 0 Å². The van der Waals surface area contributed by atoms with Crippen LogP contribution in [0, 0.1) is 0 Å². The van der Waals surface area contributed by atoms with E-state index < -0.39 is 5.91 Å². The van der Waals surface area contributed by atoms with Gasteiger partial charge in [0, 0.05) is 29.9 Å². The second-order valence-corrected chi connectivity index (χ2v) is 7.62. The van der Waals surface area contributed by atoms with Crippen LogP contribution in [0.4, 0.5) is 11.4 Å². The SMILES string of the molecule is O=COC1=NN(c2ccccc2)C(=O)C1=Cc1cc2c3c(c1O)CCCN3CCC2. The molecule has 1 amide bonds. The van der Waals surface area contributed by atoms with Gasteiger partial charge in [-0.05, 0) is 55.5 Å². The van der Waals surface area contributed by atoms with Crippen LogP contribution in [0.1, 0.15) is 29.5 Å². The lowest BCUT2D eigenvalue weighted by atomic mass is 9.88. The maximum atomic E-state index is 13.1. The fourth-order valence-corrected chi connectivity index (χ4v) is 4.53. The zero-order valence-corrected chi connectivity index (χ0v) is 16.4. The Morgan fingerprint density at radius 3 is 2.63 bits per heavy atom. The first-order valence-corrected chi connectivity index (χ1v) is 10.1. The molecule has 5 rings (SSSR count). The number of rotatable bonds is 3. The molecule has 0 spiro atoms. The number of anilines is 2. The summed E-state index contributed by atoms with van der Waals surface area (Å²) in [6.07, 6.45) is 5.37. The summed E-state index contributed by atoms with van der Waals surface area (Å²) in [5.74, 6) is -0.305. The Kier molecular flexibility index (Phi) is 4.50. The lowest BCUT2D eigenvalue weighted by Gasteiger charge is -2.37. The molecule has 1 N–H and O–H groups in total. The number of hydrogen-bond acceptors (Lipinski definition) is 6. The molecule has 0 radical (unpaired) electrons. The molecule has 30 heavy (non-hydrogen) atoms. The monoisotopic (exact) mass is 403 g/mol. The van der Waals surface area contributed by atoms with E-state index in [0.717, 1.165) is 50.0 Å². The number of para-hydroxylation sites is 1. The first-order chi connectivity index (χ1) is 14.7. The Labute approximate surface area is 173 Å². The van der Waals surface area contributed by atoms with E-state index in [4.69, 9.17) is 4.74 Å². The molecular weight excluding hydrogens is 382 g/mol. The molecule has 2 aromatic rings. The molecule has 7 nitrogen and oxygen atoms in total. The van der Waals surface area contributed by atoms with E-state index in [2.05, 4.69) is 10.0 Å². The number of nitrogens with zero attached hydrogens (tertiary/aromatic N) is 3. The van der Waals surface area contributed by atoms with E-state index in [-0.39, 0.29) is 23.7 Å². The molecule has 0 bridgehead atoms. The minimum Gasteiger partial charge on any atom is -0.507 e. The standard InChI is InChI=1S/C23H21N3O4/c27-14-30-22-19(23(29)26(24-22)17-7-2-1-3-8-17)13-16-12-15-6-4-10-25-11-5-9-18(20(15)25)21(16)28/h1-3,7-8,12-14,28H,4-6,9-11H2. The van der Waals surface area contributed by atoms with Gasteiger partial charge in [-0.25, -0.2) is 0 Å². The van der Waals surface area contributed by atoms with Gasteiger partial charge in [0.2, 0.25) is 0 Å². The van der Waals surface area contributed by atoms with E-state index in [1.54, 1.807) is 30.3 Å². The van der Waals surface area contributed by atoms with Crippen molar-refractivity contribution >= 4 is 35.7 Å². The average Bonchev–Trinajstić information content (AvgIpc) is 3.08. The van der Waals surface area contributed by atoms with Crippen LogP contribution in [0.5, 0.6) is 5.75 Å². The summed E-state index contributed by atoms with van der Waals surface area (Å²) in [4.78, 5) is 26.4. The van der Waals surface area contributed by atoms with Crippen molar-refractivity contribution in [1.29, 1.82) is 0 Å². The first-order valence-electron chi connectivity index (χ1n) is 10.1. The van der Waals surface area contributed by atoms with E-state index in [0.29, 0.717) is 11.3 Å². The van der Waals surface area contributed by atoms with Crippen LogP contribution in [0.25, 0.3) is 6.08 Å². The van der Waals surface area contributed by atoms with Gasteiger partial charge in [-0.2, -0.15) is 5.01 Å². The quantitative estimate of drug-likeness (QED) is 0.629. The molecular formula is C23H21N3O4. The lowest BCUT2D eigenvalue weighted by Crippen LogP contribution is -2.34. The van der Waals surface area contributed by atoms with Crippen molar-refractivity contribution in [2.24, 2.45) is 5.10 Å². The van der Waals surface area contributed by atoms with Crippen molar-refractivity contribution in [2.75, 3.05) is 23.0 Å². The van der Waals surface area contributed by atoms with E-state index >= 15 is 0 Å². The zero-order chi connectivity index (χ0) is 20.7. The number of carbonyl (C=O) groups excluding carboxylic acids is 2. The number of phenolic OH excluding ortho intramolecular Hbond substituents is 1. The molecule has 2 aromatic carbocycles. The summed E-state index contributed by atoms with van der Waals surface area (Å²) in [7, 11) is 0. The minimum absolute atomic E-state index is 0.0776. The number of hydrogen-bond donors (Lipinski definition) is 1. The number of hydrazone groups is 1. The second kappa shape index (κ2) is 7.33. The Balaban J connectivity index is 1.60. The number of aromatic hydroxyl groups is 1. The molecule has 3 aliphatic rings.